The van der Waals surface area contributed by atoms with Crippen LogP contribution < -0.4 is 0 Å². The molecule has 2 rings (SSSR count). The van der Waals surface area contributed by atoms with Gasteiger partial charge in [-0.3, -0.25) is 9.69 Å². The summed E-state index contributed by atoms with van der Waals surface area (Å²) < 4.78 is 13.4. The molecule has 1 saturated heterocycles. The Labute approximate surface area is 118 Å². The number of nitrogens with zero attached hydrogens (tertiary/aromatic N) is 1. The van der Waals surface area contributed by atoms with Gasteiger partial charge >= 0.3 is 0 Å². The fourth-order valence-electron chi connectivity index (χ4n) is 2.72. The van der Waals surface area contributed by atoms with E-state index in [1.54, 1.807) is 13.0 Å². The largest absolute Gasteiger partial charge is 0.300 e. The average Bonchev–Trinajstić information content (AvgIpc) is 2.36. The first-order valence-electron chi connectivity index (χ1n) is 6.74. The second-order valence-electron chi connectivity index (χ2n) is 5.24. The topological polar surface area (TPSA) is 20.3 Å². The fourth-order valence-corrected chi connectivity index (χ4v) is 2.91. The van der Waals surface area contributed by atoms with Crippen LogP contribution >= 0.6 is 11.6 Å². The first-order valence-corrected chi connectivity index (χ1v) is 7.12. The normalized spacial score (nSPS) is 20.5. The van der Waals surface area contributed by atoms with Gasteiger partial charge in [-0.25, -0.2) is 4.39 Å². The lowest BCUT2D eigenvalue weighted by Gasteiger charge is -2.35. The SMILES string of the molecule is CC(=O)CC1CCCCN1Cc1cccc(F)c1Cl. The molecule has 2 nitrogen and oxygen atoms in total. The standard InChI is InChI=1S/C15H19ClFNO/c1-11(19)9-13-6-2-3-8-18(13)10-12-5-4-7-14(17)15(12)16/h4-5,7,13H,2-3,6,8-10H2,1H3. The molecule has 19 heavy (non-hydrogen) atoms. The predicted molar refractivity (Wildman–Crippen MR) is 74.8 cm³/mol. The summed E-state index contributed by atoms with van der Waals surface area (Å²) in [5.74, 6) is -0.165. The summed E-state index contributed by atoms with van der Waals surface area (Å²) >= 11 is 6.00. The van der Waals surface area contributed by atoms with Crippen molar-refractivity contribution in [1.29, 1.82) is 0 Å². The van der Waals surface area contributed by atoms with Crippen molar-refractivity contribution in [2.75, 3.05) is 6.54 Å². The van der Waals surface area contributed by atoms with Crippen molar-refractivity contribution >= 4 is 17.4 Å². The van der Waals surface area contributed by atoms with Crippen molar-refractivity contribution in [1.82, 2.24) is 4.90 Å². The number of rotatable bonds is 4. The van der Waals surface area contributed by atoms with Gasteiger partial charge < -0.3 is 0 Å². The Morgan fingerprint density at radius 3 is 3.00 bits per heavy atom. The first kappa shape index (κ1) is 14.5. The minimum atomic E-state index is -0.376. The summed E-state index contributed by atoms with van der Waals surface area (Å²) in [7, 11) is 0. The Balaban J connectivity index is 2.10. The zero-order valence-corrected chi connectivity index (χ0v) is 11.9. The molecule has 0 aromatic heterocycles. The van der Waals surface area contributed by atoms with Crippen LogP contribution in [0.3, 0.4) is 0 Å². The van der Waals surface area contributed by atoms with Crippen LogP contribution in [0.1, 0.15) is 38.2 Å². The Morgan fingerprint density at radius 2 is 2.26 bits per heavy atom. The second kappa shape index (κ2) is 6.49. The number of piperidine rings is 1. The summed E-state index contributed by atoms with van der Waals surface area (Å²) in [5.41, 5.74) is 0.803. The molecule has 0 spiro atoms. The Bertz CT molecular complexity index is 463. The number of hydrogen-bond donors (Lipinski definition) is 0. The van der Waals surface area contributed by atoms with Crippen LogP contribution in [0.15, 0.2) is 18.2 Å². The Morgan fingerprint density at radius 1 is 1.47 bits per heavy atom. The highest BCUT2D eigenvalue weighted by molar-refractivity contribution is 6.31. The van der Waals surface area contributed by atoms with Crippen LogP contribution in [0, 0.1) is 5.82 Å². The van der Waals surface area contributed by atoms with E-state index in [0.717, 1.165) is 31.4 Å². The lowest BCUT2D eigenvalue weighted by atomic mass is 9.97. The van der Waals surface area contributed by atoms with E-state index >= 15 is 0 Å². The van der Waals surface area contributed by atoms with Crippen molar-refractivity contribution in [3.63, 3.8) is 0 Å². The van der Waals surface area contributed by atoms with Crippen molar-refractivity contribution in [3.8, 4) is 0 Å². The molecule has 0 radical (unpaired) electrons. The molecule has 0 amide bonds. The number of carbonyl (C=O) groups is 1. The molecular formula is C15H19ClFNO. The number of halogens is 2. The molecule has 1 aromatic rings. The monoisotopic (exact) mass is 283 g/mol. The molecule has 4 heteroatoms. The van der Waals surface area contributed by atoms with Gasteiger partial charge in [-0.15, -0.1) is 0 Å². The van der Waals surface area contributed by atoms with Crippen LogP contribution in [-0.2, 0) is 11.3 Å². The highest BCUT2D eigenvalue weighted by Gasteiger charge is 2.24. The molecular weight excluding hydrogens is 265 g/mol. The maximum Gasteiger partial charge on any atom is 0.142 e. The van der Waals surface area contributed by atoms with Crippen LogP contribution in [0.2, 0.25) is 5.02 Å². The second-order valence-corrected chi connectivity index (χ2v) is 5.62. The third-order valence-corrected chi connectivity index (χ3v) is 4.10. The number of benzene rings is 1. The molecule has 1 fully saturated rings. The van der Waals surface area contributed by atoms with Crippen LogP contribution in [-0.4, -0.2) is 23.3 Å². The lowest BCUT2D eigenvalue weighted by molar-refractivity contribution is -0.118. The number of Topliss-reactive ketones (excluding diaryl/α,β-unsaturated/α-hetero) is 1. The van der Waals surface area contributed by atoms with Gasteiger partial charge in [0.05, 0.1) is 5.02 Å². The summed E-state index contributed by atoms with van der Waals surface area (Å²) in [6.07, 6.45) is 3.89. The van der Waals surface area contributed by atoms with E-state index in [9.17, 15) is 9.18 Å². The smallest absolute Gasteiger partial charge is 0.142 e. The van der Waals surface area contributed by atoms with Gasteiger partial charge in [0.15, 0.2) is 0 Å². The molecule has 0 N–H and O–H groups in total. The summed E-state index contributed by atoms with van der Waals surface area (Å²) in [6.45, 7) is 3.20. The highest BCUT2D eigenvalue weighted by Crippen LogP contribution is 2.26. The van der Waals surface area contributed by atoms with E-state index in [1.165, 1.54) is 6.07 Å². The number of carbonyl (C=O) groups excluding carboxylic acids is 1. The number of likely N-dealkylation sites (tertiary alicyclic amines) is 1. The van der Waals surface area contributed by atoms with E-state index in [4.69, 9.17) is 11.6 Å². The van der Waals surface area contributed by atoms with Gasteiger partial charge in [0.2, 0.25) is 0 Å². The zero-order valence-electron chi connectivity index (χ0n) is 11.2. The average molecular weight is 284 g/mol. The first-order chi connectivity index (χ1) is 9.08. The van der Waals surface area contributed by atoms with E-state index < -0.39 is 0 Å². The minimum absolute atomic E-state index is 0.203. The summed E-state index contributed by atoms with van der Waals surface area (Å²) in [4.78, 5) is 13.6. The molecule has 1 atom stereocenters. The summed E-state index contributed by atoms with van der Waals surface area (Å²) in [6, 6.07) is 5.17. The molecule has 1 heterocycles. The van der Waals surface area contributed by atoms with Crippen molar-refractivity contribution in [2.24, 2.45) is 0 Å². The maximum atomic E-state index is 13.4. The van der Waals surface area contributed by atoms with Gasteiger partial charge in [-0.2, -0.15) is 0 Å². The molecule has 104 valence electrons. The van der Waals surface area contributed by atoms with Crippen molar-refractivity contribution < 1.29 is 9.18 Å². The molecule has 1 aliphatic heterocycles. The lowest BCUT2D eigenvalue weighted by Crippen LogP contribution is -2.40. The number of ketones is 1. The van der Waals surface area contributed by atoms with Gasteiger partial charge in [0, 0.05) is 19.0 Å². The molecule has 1 aromatic carbocycles. The van der Waals surface area contributed by atoms with Crippen LogP contribution in [0.5, 0.6) is 0 Å². The van der Waals surface area contributed by atoms with Gasteiger partial charge in [-0.05, 0) is 37.9 Å². The molecule has 1 unspecified atom stereocenters. The van der Waals surface area contributed by atoms with Gasteiger partial charge in [0.1, 0.15) is 11.6 Å². The van der Waals surface area contributed by atoms with Crippen molar-refractivity contribution in [2.45, 2.75) is 45.2 Å². The third kappa shape index (κ3) is 3.77. The Hall–Kier alpha value is -0.930. The van der Waals surface area contributed by atoms with Gasteiger partial charge in [0.25, 0.3) is 0 Å². The fraction of sp³-hybridized carbons (Fsp3) is 0.533. The van der Waals surface area contributed by atoms with Crippen LogP contribution in [0.4, 0.5) is 4.39 Å². The molecule has 0 aliphatic carbocycles. The molecule has 0 bridgehead atoms. The summed E-state index contributed by atoms with van der Waals surface area (Å²) in [5, 5.41) is 0.203. The molecule has 1 aliphatic rings. The highest BCUT2D eigenvalue weighted by atomic mass is 35.5. The van der Waals surface area contributed by atoms with E-state index in [2.05, 4.69) is 4.90 Å². The predicted octanol–water partition coefficient (Wildman–Crippen LogP) is 3.81. The van der Waals surface area contributed by atoms with Gasteiger partial charge in [-0.1, -0.05) is 30.2 Å². The van der Waals surface area contributed by atoms with E-state index in [1.807, 2.05) is 6.07 Å². The third-order valence-electron chi connectivity index (χ3n) is 3.68. The quantitative estimate of drug-likeness (QED) is 0.837. The van der Waals surface area contributed by atoms with Crippen LogP contribution in [0.25, 0.3) is 0 Å². The van der Waals surface area contributed by atoms with E-state index in [0.29, 0.717) is 13.0 Å². The maximum absolute atomic E-state index is 13.4. The zero-order chi connectivity index (χ0) is 13.8. The Kier molecular flexibility index (Phi) is 4.94. The molecule has 0 saturated carbocycles. The minimum Gasteiger partial charge on any atom is -0.300 e. The number of hydrogen-bond acceptors (Lipinski definition) is 2. The van der Waals surface area contributed by atoms with Crippen molar-refractivity contribution in [3.05, 3.63) is 34.6 Å². The van der Waals surface area contributed by atoms with E-state index in [-0.39, 0.29) is 22.7 Å².